The smallest absolute Gasteiger partial charge is 0.216 e. The molecule has 1 atom stereocenters. The van der Waals surface area contributed by atoms with Gasteiger partial charge in [0.25, 0.3) is 0 Å². The van der Waals surface area contributed by atoms with E-state index in [1.807, 2.05) is 24.3 Å². The molecule has 4 heterocycles. The van der Waals surface area contributed by atoms with E-state index in [0.29, 0.717) is 28.9 Å². The summed E-state index contributed by atoms with van der Waals surface area (Å²) in [7, 11) is 1.55. The van der Waals surface area contributed by atoms with Crippen LogP contribution in [0.4, 0.5) is 5.82 Å². The standard InChI is InChI=1S/C23H26N6O3/c1-23(26-16-11-32-12-16)7-8-29(13-23)21-6-5-18(27-28-21)17-4-3-15(9-20(17)30)19-10-22(31-2)25-14-24-19/h3-6,9-10,14,16,26,30H,7-8,11-13H2,1-2H3/t23-/m1/s1. The molecule has 2 aliphatic heterocycles. The quantitative estimate of drug-likeness (QED) is 0.604. The van der Waals surface area contributed by atoms with Gasteiger partial charge < -0.3 is 24.8 Å². The van der Waals surface area contributed by atoms with Gasteiger partial charge in [-0.2, -0.15) is 0 Å². The third-order valence-electron chi connectivity index (χ3n) is 6.06. The fourth-order valence-electron chi connectivity index (χ4n) is 4.24. The number of ether oxygens (including phenoxy) is 2. The van der Waals surface area contributed by atoms with E-state index < -0.39 is 0 Å². The molecule has 0 bridgehead atoms. The molecule has 3 aromatic rings. The Kier molecular flexibility index (Phi) is 5.36. The number of benzene rings is 1. The van der Waals surface area contributed by atoms with Gasteiger partial charge in [0.05, 0.1) is 37.8 Å². The molecule has 2 fully saturated rings. The average molecular weight is 435 g/mol. The van der Waals surface area contributed by atoms with Gasteiger partial charge in [-0.25, -0.2) is 9.97 Å². The van der Waals surface area contributed by atoms with Crippen LogP contribution in [0.15, 0.2) is 42.7 Å². The predicted molar refractivity (Wildman–Crippen MR) is 120 cm³/mol. The van der Waals surface area contributed by atoms with E-state index in [9.17, 15) is 5.11 Å². The first-order valence-corrected chi connectivity index (χ1v) is 10.7. The van der Waals surface area contributed by atoms with E-state index in [1.165, 1.54) is 6.33 Å². The van der Waals surface area contributed by atoms with E-state index in [2.05, 4.69) is 37.3 Å². The SMILES string of the molecule is COc1cc(-c2ccc(-c3ccc(N4CC[C@@](C)(NC5COC5)C4)nn3)c(O)c2)ncn1. The van der Waals surface area contributed by atoms with Gasteiger partial charge >= 0.3 is 0 Å². The highest BCUT2D eigenvalue weighted by Gasteiger charge is 2.37. The van der Waals surface area contributed by atoms with Crippen molar-refractivity contribution >= 4 is 5.82 Å². The molecule has 2 aliphatic rings. The normalized spacial score (nSPS) is 20.9. The van der Waals surface area contributed by atoms with Crippen LogP contribution in [-0.2, 0) is 4.74 Å². The zero-order chi connectivity index (χ0) is 22.1. The summed E-state index contributed by atoms with van der Waals surface area (Å²) in [5, 5.41) is 23.1. The summed E-state index contributed by atoms with van der Waals surface area (Å²) in [6.45, 7) is 5.63. The summed E-state index contributed by atoms with van der Waals surface area (Å²) in [6, 6.07) is 11.4. The molecule has 2 aromatic heterocycles. The van der Waals surface area contributed by atoms with Gasteiger partial charge in [-0.1, -0.05) is 6.07 Å². The van der Waals surface area contributed by atoms with Gasteiger partial charge in [0.15, 0.2) is 5.82 Å². The number of phenolic OH excluding ortho intramolecular Hbond substituents is 1. The molecular weight excluding hydrogens is 408 g/mol. The third kappa shape index (κ3) is 4.09. The fraction of sp³-hybridized carbons (Fsp3) is 0.391. The highest BCUT2D eigenvalue weighted by Crippen LogP contribution is 2.33. The lowest BCUT2D eigenvalue weighted by Gasteiger charge is -2.36. The van der Waals surface area contributed by atoms with E-state index in [-0.39, 0.29) is 11.3 Å². The highest BCUT2D eigenvalue weighted by atomic mass is 16.5. The van der Waals surface area contributed by atoms with Gasteiger partial charge in [-0.15, -0.1) is 10.2 Å². The molecular formula is C23H26N6O3. The van der Waals surface area contributed by atoms with E-state index >= 15 is 0 Å². The van der Waals surface area contributed by atoms with Crippen molar-refractivity contribution in [3.05, 3.63) is 42.7 Å². The number of methoxy groups -OCH3 is 1. The molecule has 166 valence electrons. The number of anilines is 1. The summed E-state index contributed by atoms with van der Waals surface area (Å²) in [4.78, 5) is 10.5. The zero-order valence-electron chi connectivity index (χ0n) is 18.2. The lowest BCUT2D eigenvalue weighted by molar-refractivity contribution is -0.0162. The minimum absolute atomic E-state index is 0.0482. The van der Waals surface area contributed by atoms with Gasteiger partial charge in [0, 0.05) is 35.8 Å². The van der Waals surface area contributed by atoms with E-state index in [1.54, 1.807) is 19.2 Å². The maximum Gasteiger partial charge on any atom is 0.216 e. The van der Waals surface area contributed by atoms with Gasteiger partial charge in [-0.3, -0.25) is 0 Å². The van der Waals surface area contributed by atoms with E-state index in [0.717, 1.165) is 44.1 Å². The molecule has 0 saturated carbocycles. The van der Waals surface area contributed by atoms with Crippen molar-refractivity contribution in [1.29, 1.82) is 0 Å². The predicted octanol–water partition coefficient (Wildman–Crippen LogP) is 2.27. The second kappa shape index (κ2) is 8.33. The number of nitrogens with zero attached hydrogens (tertiary/aromatic N) is 5. The Bertz CT molecular complexity index is 1110. The van der Waals surface area contributed by atoms with Crippen LogP contribution in [-0.4, -0.2) is 70.3 Å². The van der Waals surface area contributed by atoms with Gasteiger partial charge in [-0.05, 0) is 37.6 Å². The summed E-state index contributed by atoms with van der Waals surface area (Å²) < 4.78 is 10.4. The highest BCUT2D eigenvalue weighted by molar-refractivity contribution is 5.73. The molecule has 32 heavy (non-hydrogen) atoms. The average Bonchev–Trinajstić information content (AvgIpc) is 3.19. The minimum atomic E-state index is 0.0482. The molecule has 1 aromatic carbocycles. The Morgan fingerprint density at radius 1 is 1.12 bits per heavy atom. The number of nitrogens with one attached hydrogen (secondary N) is 1. The van der Waals surface area contributed by atoms with Crippen molar-refractivity contribution in [2.75, 3.05) is 38.3 Å². The van der Waals surface area contributed by atoms with Gasteiger partial charge in [0.2, 0.25) is 5.88 Å². The van der Waals surface area contributed by atoms with Crippen LogP contribution in [0.2, 0.25) is 0 Å². The van der Waals surface area contributed by atoms with Crippen LogP contribution in [0, 0.1) is 0 Å². The van der Waals surface area contributed by atoms with Gasteiger partial charge in [0.1, 0.15) is 12.1 Å². The Morgan fingerprint density at radius 2 is 2.00 bits per heavy atom. The fourth-order valence-corrected chi connectivity index (χ4v) is 4.24. The molecule has 2 N–H and O–H groups in total. The number of hydrogen-bond donors (Lipinski definition) is 2. The van der Waals surface area contributed by atoms with Crippen LogP contribution in [0.5, 0.6) is 11.6 Å². The molecule has 9 heteroatoms. The van der Waals surface area contributed by atoms with Crippen molar-refractivity contribution in [3.8, 4) is 34.1 Å². The second-order valence-electron chi connectivity index (χ2n) is 8.57. The summed E-state index contributed by atoms with van der Waals surface area (Å²) in [6.07, 6.45) is 2.48. The van der Waals surface area contributed by atoms with Crippen LogP contribution < -0.4 is 15.0 Å². The number of phenols is 1. The van der Waals surface area contributed by atoms with Crippen LogP contribution in [0.1, 0.15) is 13.3 Å². The summed E-state index contributed by atoms with van der Waals surface area (Å²) >= 11 is 0. The Morgan fingerprint density at radius 3 is 2.69 bits per heavy atom. The first-order valence-electron chi connectivity index (χ1n) is 10.7. The molecule has 2 saturated heterocycles. The number of aromatic nitrogens is 4. The molecule has 0 radical (unpaired) electrons. The Labute approximate surface area is 186 Å². The number of hydrogen-bond acceptors (Lipinski definition) is 9. The van der Waals surface area contributed by atoms with Crippen molar-refractivity contribution in [2.45, 2.75) is 24.9 Å². The van der Waals surface area contributed by atoms with E-state index in [4.69, 9.17) is 9.47 Å². The number of aromatic hydroxyl groups is 1. The molecule has 5 rings (SSSR count). The third-order valence-corrected chi connectivity index (χ3v) is 6.06. The molecule has 9 nitrogen and oxygen atoms in total. The monoisotopic (exact) mass is 434 g/mol. The second-order valence-corrected chi connectivity index (χ2v) is 8.57. The summed E-state index contributed by atoms with van der Waals surface area (Å²) in [5.41, 5.74) is 2.71. The molecule has 0 amide bonds. The van der Waals surface area contributed by atoms with Crippen molar-refractivity contribution in [1.82, 2.24) is 25.5 Å². The number of rotatable bonds is 6. The molecule has 0 unspecified atom stereocenters. The lowest BCUT2D eigenvalue weighted by atomic mass is 9.99. The zero-order valence-corrected chi connectivity index (χ0v) is 18.2. The van der Waals surface area contributed by atoms with Crippen molar-refractivity contribution < 1.29 is 14.6 Å². The Hall–Kier alpha value is -3.30. The van der Waals surface area contributed by atoms with Crippen molar-refractivity contribution in [3.63, 3.8) is 0 Å². The largest absolute Gasteiger partial charge is 0.507 e. The maximum absolute atomic E-state index is 10.6. The molecule has 0 spiro atoms. The van der Waals surface area contributed by atoms with Crippen LogP contribution in [0.25, 0.3) is 22.5 Å². The summed E-state index contributed by atoms with van der Waals surface area (Å²) in [5.74, 6) is 1.42. The first kappa shape index (κ1) is 20.6. The topological polar surface area (TPSA) is 106 Å². The van der Waals surface area contributed by atoms with Crippen LogP contribution >= 0.6 is 0 Å². The minimum Gasteiger partial charge on any atom is -0.507 e. The Balaban J connectivity index is 1.30. The molecule has 0 aliphatic carbocycles. The lowest BCUT2D eigenvalue weighted by Crippen LogP contribution is -2.57. The van der Waals surface area contributed by atoms with Crippen molar-refractivity contribution in [2.24, 2.45) is 0 Å². The first-order chi connectivity index (χ1) is 15.5. The van der Waals surface area contributed by atoms with Crippen LogP contribution in [0.3, 0.4) is 0 Å². The maximum atomic E-state index is 10.6.